The summed E-state index contributed by atoms with van der Waals surface area (Å²) >= 11 is 0. The second-order valence-electron chi connectivity index (χ2n) is 10.7. The van der Waals surface area contributed by atoms with Crippen LogP contribution in [0.1, 0.15) is 127 Å². The highest BCUT2D eigenvalue weighted by atomic mass is 32.2. The van der Waals surface area contributed by atoms with Crippen LogP contribution in [0.4, 0.5) is 0 Å². The normalized spacial score (nSPS) is 15.0. The first-order chi connectivity index (χ1) is 18.5. The van der Waals surface area contributed by atoms with Gasteiger partial charge in [0, 0.05) is 0 Å². The predicted molar refractivity (Wildman–Crippen MR) is 158 cm³/mol. The molecule has 4 unspecified atom stereocenters. The Kier molecular flexibility index (Phi) is 12.8. The van der Waals surface area contributed by atoms with Crippen LogP contribution in [0.15, 0.2) is 34.1 Å². The van der Waals surface area contributed by atoms with Crippen molar-refractivity contribution in [3.8, 4) is 11.5 Å². The molecule has 7 heteroatoms. The van der Waals surface area contributed by atoms with Gasteiger partial charge in [-0.2, -0.15) is 0 Å². The van der Waals surface area contributed by atoms with Crippen molar-refractivity contribution in [2.45, 2.75) is 115 Å². The van der Waals surface area contributed by atoms with Gasteiger partial charge >= 0.3 is 0 Å². The van der Waals surface area contributed by atoms with E-state index < -0.39 is 9.84 Å². The second kappa shape index (κ2) is 15.1. The minimum Gasteiger partial charge on any atom is -0.491 e. The molecule has 0 aromatic heterocycles. The van der Waals surface area contributed by atoms with Crippen LogP contribution in [0.5, 0.6) is 11.5 Å². The van der Waals surface area contributed by atoms with Crippen LogP contribution in [0, 0.1) is 0 Å². The summed E-state index contributed by atoms with van der Waals surface area (Å²) in [6.07, 6.45) is 3.30. The molecule has 0 fully saturated rings. The molecule has 220 valence electrons. The van der Waals surface area contributed by atoms with Crippen LogP contribution in [0.25, 0.3) is 0 Å². The largest absolute Gasteiger partial charge is 0.491 e. The number of hydrogen-bond acceptors (Lipinski definition) is 6. The van der Waals surface area contributed by atoms with Crippen molar-refractivity contribution in [1.29, 1.82) is 0 Å². The molecule has 0 aliphatic heterocycles. The van der Waals surface area contributed by atoms with E-state index in [4.69, 9.17) is 9.47 Å². The van der Waals surface area contributed by atoms with Gasteiger partial charge in [-0.25, -0.2) is 8.42 Å². The van der Waals surface area contributed by atoms with Gasteiger partial charge in [-0.3, -0.25) is 0 Å². The zero-order valence-corrected chi connectivity index (χ0v) is 26.0. The lowest BCUT2D eigenvalue weighted by atomic mass is 9.90. The Balaban J connectivity index is 2.91. The summed E-state index contributed by atoms with van der Waals surface area (Å²) in [5.74, 6) is 1.71. The molecular weight excluding hydrogens is 512 g/mol. The Hall–Kier alpha value is -2.09. The van der Waals surface area contributed by atoms with E-state index in [9.17, 15) is 18.6 Å². The molecule has 2 rings (SSSR count). The quantitative estimate of drug-likeness (QED) is 0.223. The standard InChI is InChI=1S/C32H50O6S/c1-9-21(5)27-17-25(18-28(22(6)10-2)31(27)37-15-13-33)39(35,36)26-19-29(23(7)11-3)32(38-16-14-34)30(20-26)24(8)12-4/h17-24,33-34H,9-16H2,1-8H3. The number of ether oxygens (including phenoxy) is 2. The third-order valence-electron chi connectivity index (χ3n) is 8.11. The van der Waals surface area contributed by atoms with Crippen molar-refractivity contribution in [3.63, 3.8) is 0 Å². The molecule has 0 radical (unpaired) electrons. The summed E-state index contributed by atoms with van der Waals surface area (Å²) in [6, 6.07) is 7.07. The zero-order valence-electron chi connectivity index (χ0n) is 25.2. The Morgan fingerprint density at radius 3 is 1.05 bits per heavy atom. The van der Waals surface area contributed by atoms with Crippen LogP contribution >= 0.6 is 0 Å². The zero-order chi connectivity index (χ0) is 29.3. The van der Waals surface area contributed by atoms with Gasteiger partial charge in [-0.1, -0.05) is 55.4 Å². The van der Waals surface area contributed by atoms with E-state index in [0.29, 0.717) is 11.5 Å². The number of aliphatic hydroxyl groups is 2. The first-order valence-electron chi connectivity index (χ1n) is 14.6. The van der Waals surface area contributed by atoms with Gasteiger partial charge < -0.3 is 19.7 Å². The van der Waals surface area contributed by atoms with Crippen LogP contribution < -0.4 is 9.47 Å². The molecule has 2 aromatic carbocycles. The molecule has 0 aliphatic rings. The van der Waals surface area contributed by atoms with Crippen LogP contribution in [-0.2, 0) is 9.84 Å². The molecule has 0 amide bonds. The van der Waals surface area contributed by atoms with Crippen LogP contribution in [0.2, 0.25) is 0 Å². The molecule has 0 spiro atoms. The molecule has 6 nitrogen and oxygen atoms in total. The van der Waals surface area contributed by atoms with E-state index in [0.717, 1.165) is 47.9 Å². The minimum atomic E-state index is -3.88. The van der Waals surface area contributed by atoms with Crippen molar-refractivity contribution in [1.82, 2.24) is 0 Å². The van der Waals surface area contributed by atoms with E-state index in [1.165, 1.54) is 0 Å². The Morgan fingerprint density at radius 2 is 0.846 bits per heavy atom. The van der Waals surface area contributed by atoms with Gasteiger partial charge in [0.25, 0.3) is 0 Å². The van der Waals surface area contributed by atoms with E-state index in [2.05, 4.69) is 55.4 Å². The molecule has 0 saturated carbocycles. The van der Waals surface area contributed by atoms with Crippen molar-refractivity contribution >= 4 is 9.84 Å². The van der Waals surface area contributed by atoms with Gasteiger partial charge in [0.1, 0.15) is 24.7 Å². The lowest BCUT2D eigenvalue weighted by Gasteiger charge is -2.25. The van der Waals surface area contributed by atoms with Crippen molar-refractivity contribution in [2.24, 2.45) is 0 Å². The van der Waals surface area contributed by atoms with Crippen LogP contribution in [0.3, 0.4) is 0 Å². The second-order valence-corrected chi connectivity index (χ2v) is 12.7. The number of hydrogen-bond donors (Lipinski definition) is 2. The molecule has 0 aliphatic carbocycles. The maximum Gasteiger partial charge on any atom is 0.206 e. The Morgan fingerprint density at radius 1 is 0.590 bits per heavy atom. The molecule has 0 bridgehead atoms. The highest BCUT2D eigenvalue weighted by Gasteiger charge is 2.29. The van der Waals surface area contributed by atoms with Gasteiger partial charge in [0.05, 0.1) is 23.0 Å². The predicted octanol–water partition coefficient (Wildman–Crippen LogP) is 7.32. The van der Waals surface area contributed by atoms with E-state index in [1.54, 1.807) is 24.3 Å². The van der Waals surface area contributed by atoms with Crippen molar-refractivity contribution < 1.29 is 28.1 Å². The maximum absolute atomic E-state index is 14.4. The first kappa shape index (κ1) is 33.1. The third kappa shape index (κ3) is 7.56. The molecule has 2 aromatic rings. The summed E-state index contributed by atoms with van der Waals surface area (Å²) < 4.78 is 40.8. The van der Waals surface area contributed by atoms with Gasteiger partial charge in [0.15, 0.2) is 0 Å². The first-order valence-corrected chi connectivity index (χ1v) is 16.1. The summed E-state index contributed by atoms with van der Waals surface area (Å²) in [5, 5.41) is 18.9. The van der Waals surface area contributed by atoms with Crippen molar-refractivity contribution in [2.75, 3.05) is 26.4 Å². The number of sulfone groups is 1. The average Bonchev–Trinajstić information content (AvgIpc) is 2.96. The SMILES string of the molecule is CCC(C)c1cc(S(=O)(=O)c2cc(C(C)CC)c(OCCO)c(C(C)CC)c2)cc(C(C)CC)c1OCCO. The fourth-order valence-electron chi connectivity index (χ4n) is 4.71. The molecule has 39 heavy (non-hydrogen) atoms. The van der Waals surface area contributed by atoms with Gasteiger partial charge in [0.2, 0.25) is 9.84 Å². The molecule has 0 saturated heterocycles. The molecule has 0 heterocycles. The maximum atomic E-state index is 14.4. The van der Waals surface area contributed by atoms with E-state index >= 15 is 0 Å². The number of rotatable bonds is 16. The van der Waals surface area contributed by atoms with Crippen molar-refractivity contribution in [3.05, 3.63) is 46.5 Å². The monoisotopic (exact) mass is 562 g/mol. The highest BCUT2D eigenvalue weighted by Crippen LogP contribution is 2.43. The molecule has 2 N–H and O–H groups in total. The molecular formula is C32H50O6S. The summed E-state index contributed by atoms with van der Waals surface area (Å²) in [4.78, 5) is 0.525. The lowest BCUT2D eigenvalue weighted by molar-refractivity contribution is 0.198. The summed E-state index contributed by atoms with van der Waals surface area (Å²) in [5.41, 5.74) is 3.42. The molecule has 4 atom stereocenters. The fourth-order valence-corrected chi connectivity index (χ4v) is 6.11. The average molecular weight is 563 g/mol. The number of benzene rings is 2. The van der Waals surface area contributed by atoms with Gasteiger partial charge in [-0.15, -0.1) is 0 Å². The minimum absolute atomic E-state index is 0.0808. The Bertz CT molecular complexity index is 1030. The Labute approximate surface area is 236 Å². The number of aliphatic hydroxyl groups excluding tert-OH is 2. The smallest absolute Gasteiger partial charge is 0.206 e. The highest BCUT2D eigenvalue weighted by molar-refractivity contribution is 7.91. The van der Waals surface area contributed by atoms with Crippen LogP contribution in [-0.4, -0.2) is 45.1 Å². The van der Waals surface area contributed by atoms with E-state index in [1.807, 2.05) is 0 Å². The summed E-state index contributed by atoms with van der Waals surface area (Å²) in [6.45, 7) is 16.7. The topological polar surface area (TPSA) is 93.1 Å². The van der Waals surface area contributed by atoms with E-state index in [-0.39, 0.29) is 59.9 Å². The summed E-state index contributed by atoms with van der Waals surface area (Å²) in [7, 11) is -3.88. The third-order valence-corrected chi connectivity index (χ3v) is 9.82. The van der Waals surface area contributed by atoms with Gasteiger partial charge in [-0.05, 0) is 95.9 Å². The lowest BCUT2D eigenvalue weighted by Crippen LogP contribution is -2.14. The fraction of sp³-hybridized carbons (Fsp3) is 0.625.